The molecule has 1 unspecified atom stereocenters. The van der Waals surface area contributed by atoms with E-state index in [9.17, 15) is 17.2 Å². The average Bonchev–Trinajstić information content (AvgIpc) is 2.66. The van der Waals surface area contributed by atoms with Crippen LogP contribution in [0.1, 0.15) is 18.6 Å². The summed E-state index contributed by atoms with van der Waals surface area (Å²) in [7, 11) is -3.40. The van der Waals surface area contributed by atoms with Crippen LogP contribution in [0.5, 0.6) is 5.88 Å². The normalized spacial score (nSPS) is 12.4. The predicted molar refractivity (Wildman–Crippen MR) is 111 cm³/mol. The lowest BCUT2D eigenvalue weighted by Gasteiger charge is -2.18. The number of nitrogens with zero attached hydrogens (tertiary/aromatic N) is 2. The maximum absolute atomic E-state index is 14.1. The van der Waals surface area contributed by atoms with E-state index >= 15 is 0 Å². The highest BCUT2D eigenvalue weighted by Crippen LogP contribution is 2.33. The number of halogens is 3. The van der Waals surface area contributed by atoms with Crippen LogP contribution < -0.4 is 15.2 Å². The Balaban J connectivity index is 1.88. The van der Waals surface area contributed by atoms with Gasteiger partial charge in [-0.3, -0.25) is 4.72 Å². The summed E-state index contributed by atoms with van der Waals surface area (Å²) in [5.74, 6) is -1.64. The van der Waals surface area contributed by atoms with Crippen molar-refractivity contribution in [3.8, 4) is 17.1 Å². The molecule has 3 aromatic rings. The molecule has 7 nitrogen and oxygen atoms in total. The number of nitrogen functional groups attached to an aromatic ring is 1. The summed E-state index contributed by atoms with van der Waals surface area (Å²) in [5.41, 5.74) is 7.01. The van der Waals surface area contributed by atoms with Gasteiger partial charge in [0.2, 0.25) is 10.0 Å². The molecule has 0 aliphatic carbocycles. The standard InChI is InChI=1S/C19H17ClF2N4O3S/c1-10(16-13(21)7-8-14(22)17(16)20)29-19-18(23)24-9-15(25-19)11-3-5-12(6-4-11)26-30(2,27)28/h3-10,26H,1-2H3,(H2,23,24). The number of nitrogens with two attached hydrogens (primary N) is 1. The molecule has 0 radical (unpaired) electrons. The van der Waals surface area contributed by atoms with Crippen LogP contribution in [0, 0.1) is 11.6 Å². The molecule has 2 aromatic carbocycles. The fourth-order valence-corrected chi connectivity index (χ4v) is 3.54. The summed E-state index contributed by atoms with van der Waals surface area (Å²) < 4.78 is 58.4. The lowest BCUT2D eigenvalue weighted by molar-refractivity contribution is 0.213. The van der Waals surface area contributed by atoms with Crippen molar-refractivity contribution in [2.24, 2.45) is 0 Å². The van der Waals surface area contributed by atoms with Gasteiger partial charge in [0, 0.05) is 16.8 Å². The molecule has 1 atom stereocenters. The monoisotopic (exact) mass is 454 g/mol. The third-order valence-electron chi connectivity index (χ3n) is 4.03. The van der Waals surface area contributed by atoms with E-state index in [1.54, 1.807) is 24.3 Å². The number of nitrogens with one attached hydrogen (secondary N) is 1. The van der Waals surface area contributed by atoms with Crippen LogP contribution in [0.3, 0.4) is 0 Å². The first-order chi connectivity index (χ1) is 14.0. The minimum atomic E-state index is -3.40. The molecule has 0 fully saturated rings. The molecule has 0 amide bonds. The number of rotatable bonds is 6. The Bertz CT molecular complexity index is 1190. The summed E-state index contributed by atoms with van der Waals surface area (Å²) in [6.07, 6.45) is 1.45. The van der Waals surface area contributed by atoms with Crippen LogP contribution >= 0.6 is 11.6 Å². The first-order valence-electron chi connectivity index (χ1n) is 8.56. The van der Waals surface area contributed by atoms with Gasteiger partial charge in [0.1, 0.15) is 17.7 Å². The largest absolute Gasteiger partial charge is 0.467 e. The van der Waals surface area contributed by atoms with E-state index in [2.05, 4.69) is 14.7 Å². The van der Waals surface area contributed by atoms with Crippen molar-refractivity contribution in [2.75, 3.05) is 16.7 Å². The topological polar surface area (TPSA) is 107 Å². The molecule has 30 heavy (non-hydrogen) atoms. The minimum Gasteiger partial charge on any atom is -0.467 e. The Hall–Kier alpha value is -2.98. The maximum Gasteiger partial charge on any atom is 0.258 e. The molecule has 3 rings (SSSR count). The number of anilines is 2. The summed E-state index contributed by atoms with van der Waals surface area (Å²) in [6.45, 7) is 1.48. The zero-order chi connectivity index (χ0) is 22.1. The molecule has 0 bridgehead atoms. The van der Waals surface area contributed by atoms with E-state index in [-0.39, 0.29) is 22.3 Å². The smallest absolute Gasteiger partial charge is 0.258 e. The number of ether oxygens (including phenoxy) is 1. The minimum absolute atomic E-state index is 0.0473. The van der Waals surface area contributed by atoms with E-state index in [4.69, 9.17) is 22.1 Å². The van der Waals surface area contributed by atoms with Crippen LogP contribution in [0.15, 0.2) is 42.6 Å². The van der Waals surface area contributed by atoms with Crippen molar-refractivity contribution < 1.29 is 21.9 Å². The fourth-order valence-electron chi connectivity index (χ4n) is 2.67. The van der Waals surface area contributed by atoms with E-state index in [1.165, 1.54) is 13.1 Å². The van der Waals surface area contributed by atoms with Crippen molar-refractivity contribution in [3.63, 3.8) is 0 Å². The molecule has 0 aliphatic heterocycles. The zero-order valence-electron chi connectivity index (χ0n) is 15.9. The Morgan fingerprint density at radius 2 is 1.77 bits per heavy atom. The molecule has 1 heterocycles. The molecule has 3 N–H and O–H groups in total. The van der Waals surface area contributed by atoms with Crippen molar-refractivity contribution in [3.05, 3.63) is 64.8 Å². The van der Waals surface area contributed by atoms with E-state index < -0.39 is 27.8 Å². The zero-order valence-corrected chi connectivity index (χ0v) is 17.4. The number of aromatic nitrogens is 2. The van der Waals surface area contributed by atoms with Crippen LogP contribution in [-0.2, 0) is 10.0 Å². The second-order valence-corrected chi connectivity index (χ2v) is 8.54. The lowest BCUT2D eigenvalue weighted by Crippen LogP contribution is -2.11. The summed E-state index contributed by atoms with van der Waals surface area (Å²) in [5, 5.41) is -0.390. The van der Waals surface area contributed by atoms with Gasteiger partial charge in [-0.05, 0) is 31.2 Å². The first-order valence-corrected chi connectivity index (χ1v) is 10.8. The molecule has 0 saturated carbocycles. The number of hydrogen-bond donors (Lipinski definition) is 2. The van der Waals surface area contributed by atoms with Crippen molar-refractivity contribution in [2.45, 2.75) is 13.0 Å². The molecular formula is C19H17ClF2N4O3S. The van der Waals surface area contributed by atoms with Crippen molar-refractivity contribution in [1.82, 2.24) is 9.97 Å². The van der Waals surface area contributed by atoms with Crippen molar-refractivity contribution >= 4 is 33.1 Å². The Labute approximate surface area is 176 Å². The van der Waals surface area contributed by atoms with Crippen LogP contribution in [0.25, 0.3) is 11.3 Å². The summed E-state index contributed by atoms with van der Waals surface area (Å²) >= 11 is 5.88. The van der Waals surface area contributed by atoms with E-state index in [1.807, 2.05) is 0 Å². The number of sulfonamides is 1. The third-order valence-corrected chi connectivity index (χ3v) is 5.02. The van der Waals surface area contributed by atoms with Gasteiger partial charge in [0.15, 0.2) is 5.82 Å². The van der Waals surface area contributed by atoms with Crippen LogP contribution in [0.4, 0.5) is 20.3 Å². The number of benzene rings is 2. The SMILES string of the molecule is CC(Oc1nc(-c2ccc(NS(C)(=O)=O)cc2)cnc1N)c1c(F)ccc(F)c1Cl. The van der Waals surface area contributed by atoms with Gasteiger partial charge in [-0.2, -0.15) is 0 Å². The molecule has 158 valence electrons. The summed E-state index contributed by atoms with van der Waals surface area (Å²) in [6, 6.07) is 8.24. The molecule has 1 aromatic heterocycles. The highest BCUT2D eigenvalue weighted by molar-refractivity contribution is 7.92. The second kappa shape index (κ2) is 8.41. The third kappa shape index (κ3) is 4.95. The quantitative estimate of drug-likeness (QED) is 0.541. The van der Waals surface area contributed by atoms with Gasteiger partial charge in [-0.25, -0.2) is 27.2 Å². The van der Waals surface area contributed by atoms with Gasteiger partial charge in [-0.15, -0.1) is 0 Å². The first kappa shape index (κ1) is 21.7. The van der Waals surface area contributed by atoms with E-state index in [0.717, 1.165) is 18.4 Å². The Morgan fingerprint density at radius 1 is 1.13 bits per heavy atom. The van der Waals surface area contributed by atoms with Gasteiger partial charge in [0.05, 0.1) is 23.2 Å². The fraction of sp³-hybridized carbons (Fsp3) is 0.158. The molecular weight excluding hydrogens is 438 g/mol. The highest BCUT2D eigenvalue weighted by atomic mass is 35.5. The number of hydrogen-bond acceptors (Lipinski definition) is 6. The van der Waals surface area contributed by atoms with Crippen LogP contribution in [0.2, 0.25) is 5.02 Å². The van der Waals surface area contributed by atoms with Gasteiger partial charge in [0.25, 0.3) is 5.88 Å². The lowest BCUT2D eigenvalue weighted by atomic mass is 10.1. The van der Waals surface area contributed by atoms with Crippen molar-refractivity contribution in [1.29, 1.82) is 0 Å². The Morgan fingerprint density at radius 3 is 2.40 bits per heavy atom. The average molecular weight is 455 g/mol. The predicted octanol–water partition coefficient (Wildman–Crippen LogP) is 4.17. The van der Waals surface area contributed by atoms with Crippen LogP contribution in [-0.4, -0.2) is 24.6 Å². The molecule has 0 aliphatic rings. The van der Waals surface area contributed by atoms with Gasteiger partial charge < -0.3 is 10.5 Å². The molecule has 0 saturated heterocycles. The van der Waals surface area contributed by atoms with Gasteiger partial charge in [-0.1, -0.05) is 23.7 Å². The van der Waals surface area contributed by atoms with E-state index in [0.29, 0.717) is 16.9 Å². The second-order valence-electron chi connectivity index (χ2n) is 6.41. The highest BCUT2D eigenvalue weighted by Gasteiger charge is 2.21. The Kier molecular flexibility index (Phi) is 6.09. The molecule has 0 spiro atoms. The molecule has 11 heteroatoms. The summed E-state index contributed by atoms with van der Waals surface area (Å²) in [4.78, 5) is 8.31. The van der Waals surface area contributed by atoms with Gasteiger partial charge >= 0.3 is 0 Å². The maximum atomic E-state index is 14.1.